The van der Waals surface area contributed by atoms with Gasteiger partial charge < -0.3 is 5.73 Å². The van der Waals surface area contributed by atoms with Crippen molar-refractivity contribution in [2.75, 3.05) is 6.38 Å². The van der Waals surface area contributed by atoms with Crippen molar-refractivity contribution < 1.29 is 4.79 Å². The summed E-state index contributed by atoms with van der Waals surface area (Å²) in [5, 5.41) is 0. The van der Waals surface area contributed by atoms with Crippen LogP contribution in [0.3, 0.4) is 0 Å². The summed E-state index contributed by atoms with van der Waals surface area (Å²) in [6.07, 6.45) is 1.47. The number of hydrogen-bond donors (Lipinski definition) is 1. The molecule has 0 unspecified atom stereocenters. The molecule has 0 aromatic carbocycles. The molecule has 0 fully saturated rings. The summed E-state index contributed by atoms with van der Waals surface area (Å²) >= 11 is 4.64. The van der Waals surface area contributed by atoms with Gasteiger partial charge >= 0.3 is 0 Å². The first kappa shape index (κ1) is 9.23. The van der Waals surface area contributed by atoms with Crippen LogP contribution in [0.5, 0.6) is 0 Å². The topological polar surface area (TPSA) is 43.1 Å². The van der Waals surface area contributed by atoms with Gasteiger partial charge in [-0.1, -0.05) is 0 Å². The van der Waals surface area contributed by atoms with Crippen molar-refractivity contribution in [1.29, 1.82) is 0 Å². The number of carbonyl (C=O) groups is 1. The molecule has 38 valence electrons. The maximum absolute atomic E-state index is 9.22. The molecule has 0 rings (SSSR count). The van der Waals surface area contributed by atoms with Gasteiger partial charge in [-0.25, -0.2) is 0 Å². The van der Waals surface area contributed by atoms with E-state index in [2.05, 4.69) is 17.3 Å². The minimum Gasteiger partial charge on any atom is -0.370 e. The summed E-state index contributed by atoms with van der Waals surface area (Å²) in [5.74, 6) is -0.333. The Hall–Kier alpha value is -0.240. The van der Waals surface area contributed by atoms with E-state index in [1.54, 1.807) is 0 Å². The smallest absolute Gasteiger partial charge is 0.214 e. The summed E-state index contributed by atoms with van der Waals surface area (Å²) in [6.45, 7) is 1.31. The zero-order chi connectivity index (χ0) is 5.58. The Morgan fingerprint density at radius 1 is 1.67 bits per heavy atom. The first-order valence-corrected chi connectivity index (χ1v) is 2.13. The van der Waals surface area contributed by atoms with E-state index in [4.69, 9.17) is 0 Å². The lowest BCUT2D eigenvalue weighted by Gasteiger charge is -1.60. The Bertz CT molecular complexity index is 33.8. The molecule has 0 bridgehead atoms. The van der Waals surface area contributed by atoms with Crippen molar-refractivity contribution >= 4 is 17.5 Å². The van der Waals surface area contributed by atoms with Gasteiger partial charge in [0.15, 0.2) is 0 Å². The highest BCUT2D eigenvalue weighted by atomic mass is 35.5. The second-order valence-electron chi connectivity index (χ2n) is 0.611. The van der Waals surface area contributed by atoms with Crippen molar-refractivity contribution in [1.82, 2.24) is 0 Å². The molecule has 0 aromatic rings. The maximum Gasteiger partial charge on any atom is 0.214 e. The highest BCUT2D eigenvalue weighted by molar-refractivity contribution is 6.15. The Morgan fingerprint density at radius 2 is 1.67 bits per heavy atom. The van der Waals surface area contributed by atoms with Crippen molar-refractivity contribution in [3.63, 3.8) is 0 Å². The zero-order valence-electron chi connectivity index (χ0n) is 3.86. The van der Waals surface area contributed by atoms with Crippen molar-refractivity contribution in [2.45, 2.75) is 6.92 Å². The molecule has 2 N–H and O–H groups in total. The van der Waals surface area contributed by atoms with Crippen LogP contribution in [0.15, 0.2) is 0 Å². The molecule has 0 radical (unpaired) electrons. The van der Waals surface area contributed by atoms with E-state index < -0.39 is 0 Å². The molecule has 0 aliphatic heterocycles. The van der Waals surface area contributed by atoms with Gasteiger partial charge in [-0.2, -0.15) is 0 Å². The summed E-state index contributed by atoms with van der Waals surface area (Å²) in [7, 11) is 0. The Balaban J connectivity index is 0. The SMILES string of the molecule is CC(N)=O.CCl. The lowest BCUT2D eigenvalue weighted by atomic mass is 10.8. The lowest BCUT2D eigenvalue weighted by molar-refractivity contribution is -0.115. The molecule has 0 saturated heterocycles. The number of rotatable bonds is 0. The molecule has 0 atom stereocenters. The van der Waals surface area contributed by atoms with Crippen LogP contribution in [0, 0.1) is 0 Å². The second-order valence-corrected chi connectivity index (χ2v) is 0.611. The third-order valence-corrected chi connectivity index (χ3v) is 0. The summed E-state index contributed by atoms with van der Waals surface area (Å²) in [4.78, 5) is 9.22. The third kappa shape index (κ3) is 497. The van der Waals surface area contributed by atoms with Crippen LogP contribution < -0.4 is 5.73 Å². The zero-order valence-corrected chi connectivity index (χ0v) is 4.62. The number of hydrogen-bond acceptors (Lipinski definition) is 1. The number of primary amides is 1. The van der Waals surface area contributed by atoms with Crippen LogP contribution in [-0.2, 0) is 4.79 Å². The fraction of sp³-hybridized carbons (Fsp3) is 0.667. The Kier molecular flexibility index (Phi) is 13.6. The maximum atomic E-state index is 9.22. The molecule has 1 amide bonds. The highest BCUT2D eigenvalue weighted by Crippen LogP contribution is 1.34. The van der Waals surface area contributed by atoms with Crippen LogP contribution in [0.1, 0.15) is 6.92 Å². The standard InChI is InChI=1S/C2H5NO.CH3Cl/c1-2(3)4;1-2/h1H3,(H2,3,4);1H3. The average Bonchev–Trinajstić information content (AvgIpc) is 1.41. The minimum atomic E-state index is -0.333. The quantitative estimate of drug-likeness (QED) is 0.448. The van der Waals surface area contributed by atoms with Gasteiger partial charge in [0, 0.05) is 13.3 Å². The van der Waals surface area contributed by atoms with Crippen LogP contribution in [0.25, 0.3) is 0 Å². The summed E-state index contributed by atoms with van der Waals surface area (Å²) in [5.41, 5.74) is 4.47. The minimum absolute atomic E-state index is 0.333. The van der Waals surface area contributed by atoms with E-state index in [0.717, 1.165) is 0 Å². The molecule has 0 aliphatic rings. The average molecular weight is 110 g/mol. The van der Waals surface area contributed by atoms with E-state index in [0.29, 0.717) is 0 Å². The van der Waals surface area contributed by atoms with Gasteiger partial charge in [-0.15, -0.1) is 11.6 Å². The van der Waals surface area contributed by atoms with Gasteiger partial charge in [0.25, 0.3) is 0 Å². The van der Waals surface area contributed by atoms with Gasteiger partial charge in [-0.05, 0) is 0 Å². The molecule has 6 heavy (non-hydrogen) atoms. The van der Waals surface area contributed by atoms with E-state index in [1.165, 1.54) is 13.3 Å². The first-order chi connectivity index (χ1) is 2.73. The first-order valence-electron chi connectivity index (χ1n) is 1.37. The van der Waals surface area contributed by atoms with E-state index in [9.17, 15) is 4.79 Å². The van der Waals surface area contributed by atoms with Crippen LogP contribution in [0.4, 0.5) is 0 Å². The van der Waals surface area contributed by atoms with Crippen molar-refractivity contribution in [3.8, 4) is 0 Å². The molecule has 0 spiro atoms. The summed E-state index contributed by atoms with van der Waals surface area (Å²) in [6, 6.07) is 0. The molecule has 2 nitrogen and oxygen atoms in total. The van der Waals surface area contributed by atoms with Gasteiger partial charge in [-0.3, -0.25) is 4.79 Å². The monoisotopic (exact) mass is 109 g/mol. The molecular formula is C3H8ClNO. The second kappa shape index (κ2) is 8.83. The van der Waals surface area contributed by atoms with Crippen molar-refractivity contribution in [2.24, 2.45) is 5.73 Å². The van der Waals surface area contributed by atoms with Gasteiger partial charge in [0.2, 0.25) is 5.91 Å². The number of amides is 1. The van der Waals surface area contributed by atoms with Crippen LogP contribution >= 0.6 is 11.6 Å². The lowest BCUT2D eigenvalue weighted by Crippen LogP contribution is -2.01. The molecular weight excluding hydrogens is 101 g/mol. The van der Waals surface area contributed by atoms with E-state index in [1.807, 2.05) is 0 Å². The number of nitrogens with two attached hydrogens (primary N) is 1. The Morgan fingerprint density at radius 3 is 1.67 bits per heavy atom. The molecule has 0 saturated carbocycles. The third-order valence-electron chi connectivity index (χ3n) is 0. The van der Waals surface area contributed by atoms with Crippen LogP contribution in [-0.4, -0.2) is 12.3 Å². The fourth-order valence-corrected chi connectivity index (χ4v) is 0. The van der Waals surface area contributed by atoms with Gasteiger partial charge in [0.05, 0.1) is 0 Å². The van der Waals surface area contributed by atoms with E-state index >= 15 is 0 Å². The number of halogens is 1. The predicted molar refractivity (Wildman–Crippen MR) is 26.6 cm³/mol. The van der Waals surface area contributed by atoms with E-state index in [-0.39, 0.29) is 5.91 Å². The largest absolute Gasteiger partial charge is 0.370 e. The Labute approximate surface area is 42.3 Å². The van der Waals surface area contributed by atoms with Crippen molar-refractivity contribution in [3.05, 3.63) is 0 Å². The molecule has 0 heterocycles. The van der Waals surface area contributed by atoms with Crippen LogP contribution in [0.2, 0.25) is 0 Å². The molecule has 0 aliphatic carbocycles. The molecule has 0 aromatic heterocycles. The molecule has 3 heteroatoms. The summed E-state index contributed by atoms with van der Waals surface area (Å²) < 4.78 is 0. The normalized spacial score (nSPS) is 5.17. The fourth-order valence-electron chi connectivity index (χ4n) is 0. The highest BCUT2D eigenvalue weighted by Gasteiger charge is 1.61. The number of carbonyl (C=O) groups excluding carboxylic acids is 1. The number of alkyl halides is 1. The predicted octanol–water partition coefficient (Wildman–Crippen LogP) is 0.347. The van der Waals surface area contributed by atoms with Gasteiger partial charge in [0.1, 0.15) is 0 Å².